The average Bonchev–Trinajstić information content (AvgIpc) is 3.45. The van der Waals surface area contributed by atoms with Crippen molar-refractivity contribution in [2.75, 3.05) is 26.6 Å². The molecule has 1 spiro atoms. The molecule has 4 N–H and O–H groups in total. The van der Waals surface area contributed by atoms with E-state index in [0.717, 1.165) is 56.1 Å². The number of carbonyl (C=O) groups excluding carboxylic acids is 2. The van der Waals surface area contributed by atoms with Gasteiger partial charge in [0.25, 0.3) is 0 Å². The van der Waals surface area contributed by atoms with Gasteiger partial charge in [-0.2, -0.15) is 0 Å². The van der Waals surface area contributed by atoms with Gasteiger partial charge in [-0.05, 0) is 133 Å². The topological polar surface area (TPSA) is 182 Å². The van der Waals surface area contributed by atoms with Gasteiger partial charge in [-0.15, -0.1) is 0 Å². The SMILES string of the molecule is C/C(CO)=C1\CCc2ccc(cc2)[C@@H]2C=C[C@@H](c3cccc([C@]45CCCC[C@@H]4C=Cc4ccccc45)c3)C[C@@H]2CC(=O)O[C@@H]2c3c(ccc4c(CO)c([C@H](CCO)COCO)c(=O)oc34)O[C@]3(CC=C[C@@H]4CCCC[C@H]43)[C@H]2OC1=O. The Hall–Kier alpha value is -6.41. The first-order valence-corrected chi connectivity index (χ1v) is 29.3. The van der Waals surface area contributed by atoms with Crippen LogP contribution in [0, 0.1) is 23.7 Å². The summed E-state index contributed by atoms with van der Waals surface area (Å²) in [4.78, 5) is 45.4. The van der Waals surface area contributed by atoms with E-state index in [1.807, 2.05) is 0 Å². The highest BCUT2D eigenvalue weighted by Gasteiger charge is 2.61. The Morgan fingerprint density at radius 3 is 2.49 bits per heavy atom. The lowest BCUT2D eigenvalue weighted by atomic mass is 9.56. The third kappa shape index (κ3) is 9.62. The number of esters is 2. The van der Waals surface area contributed by atoms with Gasteiger partial charge >= 0.3 is 17.6 Å². The number of aryl methyl sites for hydroxylation is 1. The maximum Gasteiger partial charge on any atom is 0.340 e. The second-order valence-electron chi connectivity index (χ2n) is 23.8. The Morgan fingerprint density at radius 1 is 0.825 bits per heavy atom. The summed E-state index contributed by atoms with van der Waals surface area (Å²) in [5.41, 5.74) is 6.41. The van der Waals surface area contributed by atoms with Gasteiger partial charge in [0.1, 0.15) is 18.1 Å². The average molecular weight is 1080 g/mol. The molecule has 11 atom stereocenters. The Bertz CT molecular complexity index is 3330. The molecule has 4 aromatic carbocycles. The zero-order valence-corrected chi connectivity index (χ0v) is 45.7. The highest BCUT2D eigenvalue weighted by molar-refractivity contribution is 5.90. The predicted molar refractivity (Wildman–Crippen MR) is 304 cm³/mol. The summed E-state index contributed by atoms with van der Waals surface area (Å²) in [6.07, 6.45) is 21.0. The molecular weight excluding hydrogens is 1010 g/mol. The fraction of sp³-hybridized carbons (Fsp3) is 0.456. The first kappa shape index (κ1) is 54.2. The van der Waals surface area contributed by atoms with Crippen molar-refractivity contribution in [1.29, 1.82) is 0 Å². The summed E-state index contributed by atoms with van der Waals surface area (Å²) in [5, 5.41) is 41.9. The van der Waals surface area contributed by atoms with Crippen LogP contribution in [0.4, 0.5) is 0 Å². The van der Waals surface area contributed by atoms with Crippen molar-refractivity contribution in [3.05, 3.63) is 187 Å². The summed E-state index contributed by atoms with van der Waals surface area (Å²) < 4.78 is 33.1. The number of rotatable bonds is 10. The number of benzene rings is 4. The summed E-state index contributed by atoms with van der Waals surface area (Å²) in [7, 11) is 0. The van der Waals surface area contributed by atoms with Crippen LogP contribution in [0.1, 0.15) is 164 Å². The minimum atomic E-state index is -1.36. The van der Waals surface area contributed by atoms with E-state index in [9.17, 15) is 25.2 Å². The van der Waals surface area contributed by atoms with Crippen molar-refractivity contribution in [2.24, 2.45) is 23.7 Å². The second-order valence-corrected chi connectivity index (χ2v) is 23.8. The van der Waals surface area contributed by atoms with E-state index >= 15 is 9.59 Å². The molecule has 0 radical (unpaired) electrons. The molecule has 2 bridgehead atoms. The molecule has 2 saturated carbocycles. The lowest BCUT2D eigenvalue weighted by Gasteiger charge is -2.54. The van der Waals surface area contributed by atoms with Gasteiger partial charge in [0.15, 0.2) is 17.8 Å². The summed E-state index contributed by atoms with van der Waals surface area (Å²) in [6.45, 7) is -0.299. The van der Waals surface area contributed by atoms with Crippen LogP contribution in [0.15, 0.2) is 136 Å². The molecule has 1 aromatic heterocycles. The number of carbonyl (C=O) groups is 2. The fourth-order valence-electron chi connectivity index (χ4n) is 15.7. The highest BCUT2D eigenvalue weighted by atomic mass is 16.6. The van der Waals surface area contributed by atoms with Crippen molar-refractivity contribution in [1.82, 2.24) is 0 Å². The molecule has 3 aliphatic heterocycles. The second kappa shape index (κ2) is 22.9. The third-order valence-electron chi connectivity index (χ3n) is 19.6. The number of fused-ring (bicyclic) bond motifs is 16. The zero-order valence-electron chi connectivity index (χ0n) is 45.7. The van der Waals surface area contributed by atoms with E-state index in [-0.39, 0.29) is 96.4 Å². The first-order chi connectivity index (χ1) is 39.1. The molecule has 0 saturated heterocycles. The molecule has 80 heavy (non-hydrogen) atoms. The minimum absolute atomic E-state index is 0.00661. The minimum Gasteiger partial charge on any atom is -0.482 e. The monoisotopic (exact) mass is 1080 g/mol. The van der Waals surface area contributed by atoms with Gasteiger partial charge in [-0.1, -0.05) is 135 Å². The van der Waals surface area contributed by atoms with E-state index in [2.05, 4.69) is 109 Å². The standard InChI is InChI=1S/C68H74O12/c1-41(37-70)52-26-20-42-18-21-43(22-19-42)53-27-24-47(46-12-8-15-51(35-46)67-31-7-6-14-50(67)25-23-45-11-2-4-16-56(45)67)34-49(53)36-59(73)77-63-61-58(80-68(64(63)79-65(52)74)32-9-13-44-10-3-5-17-57(44)68)29-28-54-55(38-71)60(66(75)78-62(54)61)48(30-33-69)39-76-40-72/h2,4,8-9,11-13,15-16,18-19,21-25,27-29,35,44,47-50,53,57,63-64,69-72H,3,5-7,10,14,17,20,26,30-34,36-40H2,1H3/b52-41-/t44-,47+,48+,49+,50+,53-,57+,63+,64-,67-,68-/m0/s1. The first-order valence-electron chi connectivity index (χ1n) is 29.3. The molecule has 0 unspecified atom stereocenters. The lowest BCUT2D eigenvalue weighted by molar-refractivity contribution is -0.208. The Balaban J connectivity index is 0.994. The van der Waals surface area contributed by atoms with E-state index in [0.29, 0.717) is 47.5 Å². The number of ether oxygens (including phenoxy) is 4. The number of hydrogen-bond donors (Lipinski definition) is 4. The summed E-state index contributed by atoms with van der Waals surface area (Å²) in [5.74, 6) is -1.69. The van der Waals surface area contributed by atoms with Crippen molar-refractivity contribution < 1.29 is 53.4 Å². The van der Waals surface area contributed by atoms with Crippen LogP contribution < -0.4 is 10.4 Å². The van der Waals surface area contributed by atoms with Gasteiger partial charge in [-0.3, -0.25) is 4.79 Å². The van der Waals surface area contributed by atoms with E-state index in [1.165, 1.54) is 28.7 Å². The number of aliphatic hydroxyl groups is 4. The zero-order chi connectivity index (χ0) is 55.1. The van der Waals surface area contributed by atoms with Crippen molar-refractivity contribution in [2.45, 2.75) is 144 Å². The van der Waals surface area contributed by atoms with Crippen LogP contribution in [0.5, 0.6) is 5.75 Å². The van der Waals surface area contributed by atoms with Crippen molar-refractivity contribution >= 4 is 29.0 Å². The summed E-state index contributed by atoms with van der Waals surface area (Å²) in [6, 6.07) is 30.0. The number of hydrogen-bond acceptors (Lipinski definition) is 12. The molecule has 5 aliphatic carbocycles. The van der Waals surface area contributed by atoms with Gasteiger partial charge in [0, 0.05) is 65.1 Å². The third-order valence-corrected chi connectivity index (χ3v) is 19.6. The molecule has 418 valence electrons. The largest absolute Gasteiger partial charge is 0.482 e. The summed E-state index contributed by atoms with van der Waals surface area (Å²) >= 11 is 0. The van der Waals surface area contributed by atoms with E-state index in [4.69, 9.17) is 23.4 Å². The molecule has 5 aromatic rings. The molecular formula is C68H74O12. The molecule has 8 aliphatic rings. The van der Waals surface area contributed by atoms with Crippen LogP contribution in [0.25, 0.3) is 17.0 Å². The van der Waals surface area contributed by atoms with E-state index < -0.39 is 54.7 Å². The maximum absolute atomic E-state index is 15.6. The van der Waals surface area contributed by atoms with Crippen molar-refractivity contribution in [3.8, 4) is 5.75 Å². The molecule has 2 fully saturated rings. The lowest BCUT2D eigenvalue weighted by Crippen LogP contribution is -2.62. The van der Waals surface area contributed by atoms with Crippen LogP contribution in [0.3, 0.4) is 0 Å². The van der Waals surface area contributed by atoms with E-state index in [1.54, 1.807) is 19.1 Å². The van der Waals surface area contributed by atoms with Crippen LogP contribution in [0.2, 0.25) is 0 Å². The molecule has 13 rings (SSSR count). The highest BCUT2D eigenvalue weighted by Crippen LogP contribution is 2.58. The van der Waals surface area contributed by atoms with Crippen LogP contribution in [-0.4, -0.2) is 70.7 Å². The number of allylic oxidation sites excluding steroid dienone is 4. The smallest absolute Gasteiger partial charge is 0.340 e. The Labute approximate surface area is 467 Å². The molecule has 12 nitrogen and oxygen atoms in total. The Morgan fingerprint density at radius 2 is 1.66 bits per heavy atom. The molecule has 4 heterocycles. The van der Waals surface area contributed by atoms with Crippen LogP contribution >= 0.6 is 0 Å². The van der Waals surface area contributed by atoms with Gasteiger partial charge in [-0.25, -0.2) is 9.59 Å². The fourth-order valence-corrected chi connectivity index (χ4v) is 15.7. The van der Waals surface area contributed by atoms with Gasteiger partial charge in [0.05, 0.1) is 25.4 Å². The van der Waals surface area contributed by atoms with Crippen LogP contribution in [-0.2, 0) is 42.2 Å². The predicted octanol–water partition coefficient (Wildman–Crippen LogP) is 11.4. The number of aliphatic hydroxyl groups excluding tert-OH is 4. The van der Waals surface area contributed by atoms with Gasteiger partial charge < -0.3 is 43.8 Å². The Kier molecular flexibility index (Phi) is 15.5. The quantitative estimate of drug-likeness (QED) is 0.0342. The van der Waals surface area contributed by atoms with Gasteiger partial charge in [0.2, 0.25) is 0 Å². The maximum atomic E-state index is 15.6. The molecule has 12 heteroatoms. The normalized spacial score (nSPS) is 30.0. The van der Waals surface area contributed by atoms with Crippen molar-refractivity contribution in [3.63, 3.8) is 0 Å². The molecule has 0 amide bonds.